The Morgan fingerprint density at radius 2 is 1.88 bits per heavy atom. The van der Waals surface area contributed by atoms with E-state index in [1.165, 1.54) is 13.5 Å². The number of halogens is 1. The topological polar surface area (TPSA) is 43.4 Å². The van der Waals surface area contributed by atoms with Crippen molar-refractivity contribution >= 4 is 25.8 Å². The molecule has 0 spiro atoms. The highest BCUT2D eigenvalue weighted by Gasteiger charge is 2.35. The lowest BCUT2D eigenvalue weighted by atomic mass is 9.77. The summed E-state index contributed by atoms with van der Waals surface area (Å²) < 4.78 is 28.7. The van der Waals surface area contributed by atoms with Gasteiger partial charge in [-0.2, -0.15) is 0 Å². The monoisotopic (exact) mass is 312 g/mol. The fourth-order valence-corrected chi connectivity index (χ4v) is 5.28. The molecule has 0 saturated heterocycles. The van der Waals surface area contributed by atoms with Gasteiger partial charge in [0.1, 0.15) is 0 Å². The van der Waals surface area contributed by atoms with Gasteiger partial charge in [0.15, 0.2) is 9.84 Å². The van der Waals surface area contributed by atoms with Crippen molar-refractivity contribution in [2.45, 2.75) is 32.1 Å². The van der Waals surface area contributed by atoms with Crippen molar-refractivity contribution in [3.63, 3.8) is 0 Å². The average molecular weight is 313 g/mol. The predicted molar refractivity (Wildman–Crippen MR) is 69.8 cm³/mol. The van der Waals surface area contributed by atoms with E-state index in [0.29, 0.717) is 12.4 Å². The predicted octanol–water partition coefficient (Wildman–Crippen LogP) is 2.39. The van der Waals surface area contributed by atoms with Crippen molar-refractivity contribution in [2.75, 3.05) is 30.6 Å². The van der Waals surface area contributed by atoms with Crippen LogP contribution in [-0.2, 0) is 14.6 Å². The van der Waals surface area contributed by atoms with Crippen LogP contribution in [0.5, 0.6) is 0 Å². The Kier molecular flexibility index (Phi) is 5.74. The van der Waals surface area contributed by atoms with E-state index in [-0.39, 0.29) is 11.2 Å². The van der Waals surface area contributed by atoms with E-state index in [1.54, 1.807) is 0 Å². The van der Waals surface area contributed by atoms with Crippen molar-refractivity contribution in [2.24, 2.45) is 5.41 Å². The van der Waals surface area contributed by atoms with Crippen LogP contribution in [0.1, 0.15) is 32.1 Å². The van der Waals surface area contributed by atoms with Gasteiger partial charge in [-0.15, -0.1) is 0 Å². The molecule has 0 unspecified atom stereocenters. The van der Waals surface area contributed by atoms with Gasteiger partial charge in [0.05, 0.1) is 18.1 Å². The molecule has 16 heavy (non-hydrogen) atoms. The van der Waals surface area contributed by atoms with E-state index in [9.17, 15) is 8.42 Å². The Morgan fingerprint density at radius 1 is 1.25 bits per heavy atom. The van der Waals surface area contributed by atoms with E-state index in [4.69, 9.17) is 4.74 Å². The smallest absolute Gasteiger partial charge is 0.153 e. The Labute approximate surface area is 107 Å². The first-order valence-corrected chi connectivity index (χ1v) is 8.73. The molecule has 0 amide bonds. The summed E-state index contributed by atoms with van der Waals surface area (Å²) in [5.74, 6) is 0.465. The molecule has 0 atom stereocenters. The number of methoxy groups -OCH3 is 1. The maximum Gasteiger partial charge on any atom is 0.153 e. The quantitative estimate of drug-likeness (QED) is 0.707. The zero-order valence-corrected chi connectivity index (χ0v) is 12.3. The van der Waals surface area contributed by atoms with Crippen LogP contribution in [-0.4, -0.2) is 39.0 Å². The molecule has 0 radical (unpaired) electrons. The van der Waals surface area contributed by atoms with Crippen LogP contribution < -0.4 is 0 Å². The molecule has 0 aromatic heterocycles. The third-order valence-electron chi connectivity index (χ3n) is 3.32. The van der Waals surface area contributed by atoms with Gasteiger partial charge in [-0.1, -0.05) is 35.2 Å². The first-order chi connectivity index (χ1) is 7.54. The summed E-state index contributed by atoms with van der Waals surface area (Å²) in [5, 5.41) is 0.798. The van der Waals surface area contributed by atoms with Gasteiger partial charge in [0.25, 0.3) is 0 Å². The van der Waals surface area contributed by atoms with Gasteiger partial charge in [0, 0.05) is 12.4 Å². The molecule has 0 heterocycles. The second-order valence-corrected chi connectivity index (χ2v) is 7.52. The third kappa shape index (κ3) is 4.34. The number of sulfone groups is 1. The summed E-state index contributed by atoms with van der Waals surface area (Å²) in [6.07, 6.45) is 5.62. The van der Waals surface area contributed by atoms with Gasteiger partial charge in [-0.25, -0.2) is 8.42 Å². The molecule has 0 bridgehead atoms. The first-order valence-electron chi connectivity index (χ1n) is 5.79. The van der Waals surface area contributed by atoms with Crippen LogP contribution in [0.2, 0.25) is 0 Å². The average Bonchev–Trinajstić information content (AvgIpc) is 2.27. The summed E-state index contributed by atoms with van der Waals surface area (Å²) >= 11 is 3.49. The molecule has 5 heteroatoms. The third-order valence-corrected chi connectivity index (χ3v) is 6.35. The largest absolute Gasteiger partial charge is 0.384 e. The van der Waals surface area contributed by atoms with Gasteiger partial charge in [0.2, 0.25) is 0 Å². The second kappa shape index (κ2) is 6.36. The maximum absolute atomic E-state index is 11.9. The Bertz CT molecular complexity index is 294. The second-order valence-electron chi connectivity index (χ2n) is 4.78. The molecule has 1 saturated carbocycles. The van der Waals surface area contributed by atoms with Crippen LogP contribution in [0.15, 0.2) is 0 Å². The van der Waals surface area contributed by atoms with Crippen LogP contribution in [0.3, 0.4) is 0 Å². The minimum atomic E-state index is -2.97. The van der Waals surface area contributed by atoms with Crippen LogP contribution >= 0.6 is 15.9 Å². The molecular formula is C11H21BrO3S. The fraction of sp³-hybridized carbons (Fsp3) is 1.00. The fourth-order valence-electron chi connectivity index (χ4n) is 2.37. The molecule has 96 valence electrons. The zero-order chi connectivity index (χ0) is 12.1. The summed E-state index contributed by atoms with van der Waals surface area (Å²) in [4.78, 5) is 0. The molecule has 0 aromatic carbocycles. The highest BCUT2D eigenvalue weighted by Crippen LogP contribution is 2.39. The maximum atomic E-state index is 11.9. The highest BCUT2D eigenvalue weighted by molar-refractivity contribution is 9.09. The number of alkyl halides is 1. The Morgan fingerprint density at radius 3 is 2.38 bits per heavy atom. The van der Waals surface area contributed by atoms with Crippen molar-refractivity contribution in [1.29, 1.82) is 0 Å². The number of ether oxygens (including phenoxy) is 1. The molecule has 1 rings (SSSR count). The van der Waals surface area contributed by atoms with Crippen molar-refractivity contribution in [1.82, 2.24) is 0 Å². The number of hydrogen-bond acceptors (Lipinski definition) is 3. The van der Waals surface area contributed by atoms with Crippen LogP contribution in [0.25, 0.3) is 0 Å². The van der Waals surface area contributed by atoms with Gasteiger partial charge in [-0.3, -0.25) is 0 Å². The lowest BCUT2D eigenvalue weighted by Gasteiger charge is -2.35. The number of hydrogen-bond donors (Lipinski definition) is 0. The van der Waals surface area contributed by atoms with Crippen molar-refractivity contribution in [3.05, 3.63) is 0 Å². The molecule has 0 aromatic rings. The molecule has 3 nitrogen and oxygen atoms in total. The van der Waals surface area contributed by atoms with Crippen LogP contribution in [0.4, 0.5) is 0 Å². The summed E-state index contributed by atoms with van der Waals surface area (Å²) in [6, 6.07) is 0. The number of rotatable bonds is 6. The molecule has 1 aliphatic rings. The normalized spacial score (nSPS) is 20.9. The van der Waals surface area contributed by atoms with E-state index in [2.05, 4.69) is 15.9 Å². The standard InChI is InChI=1S/C11H21BrO3S/c1-15-7-8-16(13,14)10-11(9-12)5-3-2-4-6-11/h2-10H2,1H3. The molecular weight excluding hydrogens is 292 g/mol. The van der Waals surface area contributed by atoms with E-state index in [0.717, 1.165) is 31.0 Å². The van der Waals surface area contributed by atoms with Crippen molar-refractivity contribution < 1.29 is 13.2 Å². The SMILES string of the molecule is COCCS(=O)(=O)CC1(CBr)CCCCC1. The van der Waals surface area contributed by atoms with Gasteiger partial charge >= 0.3 is 0 Å². The van der Waals surface area contributed by atoms with E-state index < -0.39 is 9.84 Å². The van der Waals surface area contributed by atoms with Gasteiger partial charge < -0.3 is 4.74 Å². The lowest BCUT2D eigenvalue weighted by Crippen LogP contribution is -2.35. The van der Waals surface area contributed by atoms with Crippen molar-refractivity contribution in [3.8, 4) is 0 Å². The summed E-state index contributed by atoms with van der Waals surface area (Å²) in [5.41, 5.74) is -0.0230. The zero-order valence-electron chi connectivity index (χ0n) is 9.87. The molecule has 1 aliphatic carbocycles. The Balaban J connectivity index is 2.61. The summed E-state index contributed by atoms with van der Waals surface area (Å²) in [7, 11) is -1.43. The minimum Gasteiger partial charge on any atom is -0.384 e. The molecule has 0 aliphatic heterocycles. The van der Waals surface area contributed by atoms with E-state index in [1.807, 2.05) is 0 Å². The lowest BCUT2D eigenvalue weighted by molar-refractivity contribution is 0.215. The van der Waals surface area contributed by atoms with Gasteiger partial charge in [-0.05, 0) is 18.3 Å². The first kappa shape index (κ1) is 14.5. The molecule has 1 fully saturated rings. The molecule has 0 N–H and O–H groups in total. The summed E-state index contributed by atoms with van der Waals surface area (Å²) in [6.45, 7) is 0.306. The van der Waals surface area contributed by atoms with Crippen LogP contribution in [0, 0.1) is 5.41 Å². The minimum absolute atomic E-state index is 0.0230. The van der Waals surface area contributed by atoms with E-state index >= 15 is 0 Å². The Hall–Kier alpha value is 0.390. The highest BCUT2D eigenvalue weighted by atomic mass is 79.9.